The second-order valence-electron chi connectivity index (χ2n) is 25.1. The third-order valence-corrected chi connectivity index (χ3v) is 20.1. The molecule has 4 heteroatoms. The van der Waals surface area contributed by atoms with E-state index in [4.69, 9.17) is 0 Å². The van der Waals surface area contributed by atoms with Gasteiger partial charge in [-0.15, -0.1) is 0 Å². The van der Waals surface area contributed by atoms with E-state index in [1.165, 1.54) is 138 Å². The van der Waals surface area contributed by atoms with E-state index >= 15 is 0 Å². The van der Waals surface area contributed by atoms with Crippen LogP contribution in [0.3, 0.4) is 0 Å². The highest BCUT2D eigenvalue weighted by atomic mass is 15.2. The number of rotatable bonds is 9. The van der Waals surface area contributed by atoms with Gasteiger partial charge in [-0.2, -0.15) is 0 Å². The topological polar surface area (TPSA) is 16.3 Å². The molecular formula is C88H60N4. The number of aromatic nitrogens is 2. The summed E-state index contributed by atoms with van der Waals surface area (Å²) < 4.78 is 4.92. The number of hydrogen-bond acceptors (Lipinski definition) is 2. The third kappa shape index (κ3) is 8.23. The SMILES string of the molecule is C1=CC2C(C=C1C1=CC3c4ccccc4N(c4cccc(-c5cccc(-c6ccc(-c7cc(-n8c9ccccc9c9ccccc98)cc(-n8c9ccccc9c9ccccc98)c7)c7ccccc67)c5)c4)C3C=C1)c1ccccc1N2c1ccc(-c2ccccc2)cc1. The van der Waals surface area contributed by atoms with Crippen molar-refractivity contribution in [2.24, 2.45) is 0 Å². The zero-order valence-electron chi connectivity index (χ0n) is 50.4. The Kier molecular flexibility index (Phi) is 11.9. The number of fused-ring (bicyclic) bond motifs is 13. The van der Waals surface area contributed by atoms with E-state index in [-0.39, 0.29) is 23.9 Å². The molecule has 0 bridgehead atoms. The lowest BCUT2D eigenvalue weighted by atomic mass is 9.82. The lowest BCUT2D eigenvalue weighted by Crippen LogP contribution is -2.30. The number of hydrogen-bond donors (Lipinski definition) is 0. The zero-order valence-corrected chi connectivity index (χ0v) is 50.4. The first-order chi connectivity index (χ1) is 45.6. The smallest absolute Gasteiger partial charge is 0.0630 e. The summed E-state index contributed by atoms with van der Waals surface area (Å²) in [5.41, 5.74) is 26.8. The minimum atomic E-state index is 0.130. The highest BCUT2D eigenvalue weighted by Crippen LogP contribution is 2.53. The summed E-state index contributed by atoms with van der Waals surface area (Å²) in [7, 11) is 0. The van der Waals surface area contributed by atoms with Crippen molar-refractivity contribution in [2.45, 2.75) is 23.9 Å². The first kappa shape index (κ1) is 52.2. The molecule has 0 fully saturated rings. The Balaban J connectivity index is 0.654. The lowest BCUT2D eigenvalue weighted by Gasteiger charge is -2.32. The predicted molar refractivity (Wildman–Crippen MR) is 385 cm³/mol. The van der Waals surface area contributed by atoms with Crippen LogP contribution in [0, 0.1) is 0 Å². The quantitative estimate of drug-likeness (QED) is 0.143. The molecular weight excluding hydrogens is 1110 g/mol. The molecule has 0 saturated heterocycles. The van der Waals surface area contributed by atoms with Crippen molar-refractivity contribution in [1.82, 2.24) is 9.13 Å². The van der Waals surface area contributed by atoms with Gasteiger partial charge in [0.05, 0.1) is 34.2 Å². The van der Waals surface area contributed by atoms with Gasteiger partial charge in [-0.1, -0.05) is 255 Å². The fourth-order valence-electron chi connectivity index (χ4n) is 16.0. The number of nitrogens with zero attached hydrogens (tertiary/aromatic N) is 4. The zero-order chi connectivity index (χ0) is 60.4. The fraction of sp³-hybridized carbons (Fsp3) is 0.0455. The van der Waals surface area contributed by atoms with Gasteiger partial charge in [0.1, 0.15) is 0 Å². The molecule has 2 aliphatic carbocycles. The maximum Gasteiger partial charge on any atom is 0.0630 e. The Labute approximate surface area is 534 Å². The third-order valence-electron chi connectivity index (χ3n) is 20.1. The van der Waals surface area contributed by atoms with Crippen LogP contribution in [0.1, 0.15) is 23.0 Å². The van der Waals surface area contributed by atoms with Gasteiger partial charge >= 0.3 is 0 Å². The monoisotopic (exact) mass is 1170 g/mol. The van der Waals surface area contributed by atoms with Gasteiger partial charge in [-0.25, -0.2) is 0 Å². The first-order valence-electron chi connectivity index (χ1n) is 32.2. The molecule has 4 heterocycles. The molecule has 0 saturated carbocycles. The van der Waals surface area contributed by atoms with Crippen molar-refractivity contribution in [2.75, 3.05) is 9.80 Å². The van der Waals surface area contributed by atoms with Crippen molar-refractivity contribution in [3.05, 3.63) is 362 Å². The van der Waals surface area contributed by atoms with Gasteiger partial charge in [0.2, 0.25) is 0 Å². The van der Waals surface area contributed by atoms with Crippen LogP contribution >= 0.6 is 0 Å². The van der Waals surface area contributed by atoms with Crippen molar-refractivity contribution in [3.63, 3.8) is 0 Å². The maximum absolute atomic E-state index is 2.57. The van der Waals surface area contributed by atoms with E-state index in [1.54, 1.807) is 0 Å². The van der Waals surface area contributed by atoms with E-state index in [0.717, 1.165) is 16.9 Å². The van der Waals surface area contributed by atoms with E-state index in [9.17, 15) is 0 Å². The number of anilines is 4. The van der Waals surface area contributed by atoms with Crippen LogP contribution in [0.25, 0.3) is 110 Å². The summed E-state index contributed by atoms with van der Waals surface area (Å²) in [6.07, 6.45) is 14.7. The molecule has 4 unspecified atom stereocenters. The summed E-state index contributed by atoms with van der Waals surface area (Å²) in [5.74, 6) is 0.418. The van der Waals surface area contributed by atoms with Gasteiger partial charge in [-0.3, -0.25) is 0 Å². The minimum absolute atomic E-state index is 0.130. The van der Waals surface area contributed by atoms with Gasteiger partial charge in [0.15, 0.2) is 0 Å². The largest absolute Gasteiger partial charge is 0.333 e. The lowest BCUT2D eigenvalue weighted by molar-refractivity contribution is 0.730. The van der Waals surface area contributed by atoms with Gasteiger partial charge in [0, 0.05) is 67.5 Å². The van der Waals surface area contributed by atoms with Crippen molar-refractivity contribution >= 4 is 77.1 Å². The number of benzene rings is 13. The standard InChI is InChI=1S/C88H60N4/c1-2-20-57(21-3-1)58-40-44-65(45-41-58)89-85-38-16-10-32-77(85)79-54-61(42-48-87(79)89)62-43-49-88-80(55-62)78-33-11-17-39-86(78)90(88)66-25-19-23-60(51-66)59-22-18-24-63(50-59)69-46-47-70(72-27-5-4-26-71(69)72)64-52-67(91-81-34-12-6-28-73(81)74-29-7-13-35-82(74)91)56-68(53-64)92-83-36-14-8-30-75(83)76-31-9-15-37-84(76)92/h1-56,79-80,87-88H. The van der Waals surface area contributed by atoms with Crippen LogP contribution in [-0.4, -0.2) is 21.2 Å². The van der Waals surface area contributed by atoms with Crippen LogP contribution in [0.4, 0.5) is 22.7 Å². The molecule has 0 radical (unpaired) electrons. The Morgan fingerprint density at radius 1 is 0.239 bits per heavy atom. The number of allylic oxidation sites excluding steroid dienone is 4. The number of para-hydroxylation sites is 6. The second-order valence-corrected chi connectivity index (χ2v) is 25.1. The van der Waals surface area contributed by atoms with Crippen LogP contribution in [0.5, 0.6) is 0 Å². The summed E-state index contributed by atoms with van der Waals surface area (Å²) in [5, 5.41) is 7.40. The molecule has 13 aromatic carbocycles. The second kappa shape index (κ2) is 20.9. The molecule has 92 heavy (non-hydrogen) atoms. The summed E-state index contributed by atoms with van der Waals surface area (Å²) in [4.78, 5) is 5.10. The van der Waals surface area contributed by atoms with Crippen molar-refractivity contribution in [1.29, 1.82) is 0 Å². The molecule has 2 aromatic heterocycles. The maximum atomic E-state index is 2.57. The average molecular weight is 1170 g/mol. The Bertz CT molecular complexity index is 5400. The molecule has 19 rings (SSSR count). The van der Waals surface area contributed by atoms with Crippen LogP contribution in [0.2, 0.25) is 0 Å². The minimum Gasteiger partial charge on any atom is -0.333 e. The van der Waals surface area contributed by atoms with Crippen LogP contribution < -0.4 is 9.80 Å². The summed E-state index contributed by atoms with van der Waals surface area (Å²) >= 11 is 0. The first-order valence-corrected chi connectivity index (χ1v) is 32.2. The predicted octanol–water partition coefficient (Wildman–Crippen LogP) is 22.6. The normalized spacial score (nSPS) is 17.1. The van der Waals surface area contributed by atoms with Crippen LogP contribution in [0.15, 0.2) is 351 Å². The van der Waals surface area contributed by atoms with E-state index in [0.29, 0.717) is 0 Å². The molecule has 4 atom stereocenters. The molecule has 0 amide bonds. The molecule has 15 aromatic rings. The Hall–Kier alpha value is -11.7. The highest BCUT2D eigenvalue weighted by molar-refractivity contribution is 6.12. The van der Waals surface area contributed by atoms with Gasteiger partial charge in [-0.05, 0) is 162 Å². The molecule has 0 spiro atoms. The highest BCUT2D eigenvalue weighted by Gasteiger charge is 2.41. The molecule has 4 nitrogen and oxygen atoms in total. The van der Waals surface area contributed by atoms with E-state index in [1.807, 2.05) is 0 Å². The average Bonchev–Trinajstić information content (AvgIpc) is 1.63. The Morgan fingerprint density at radius 3 is 1.16 bits per heavy atom. The fourth-order valence-corrected chi connectivity index (χ4v) is 16.0. The van der Waals surface area contributed by atoms with E-state index < -0.39 is 0 Å². The van der Waals surface area contributed by atoms with Gasteiger partial charge < -0.3 is 18.9 Å². The van der Waals surface area contributed by atoms with Crippen molar-refractivity contribution in [3.8, 4) is 55.9 Å². The van der Waals surface area contributed by atoms with E-state index in [2.05, 4.69) is 359 Å². The molecule has 432 valence electrons. The molecule has 2 aliphatic heterocycles. The molecule has 0 N–H and O–H groups in total. The van der Waals surface area contributed by atoms with Crippen molar-refractivity contribution < 1.29 is 0 Å². The van der Waals surface area contributed by atoms with Crippen LogP contribution in [-0.2, 0) is 0 Å². The summed E-state index contributed by atoms with van der Waals surface area (Å²) in [6, 6.07) is 113. The molecule has 4 aliphatic rings. The van der Waals surface area contributed by atoms with Gasteiger partial charge in [0.25, 0.3) is 0 Å². The summed E-state index contributed by atoms with van der Waals surface area (Å²) in [6.45, 7) is 0. The Morgan fingerprint density at radius 2 is 0.630 bits per heavy atom.